The molecule has 0 bridgehead atoms. The minimum Gasteiger partial charge on any atom is -0.386 e. The molecular formula is C18H18ClN3O2. The molecule has 6 heteroatoms. The van der Waals surface area contributed by atoms with Gasteiger partial charge in [0.1, 0.15) is 18.2 Å². The summed E-state index contributed by atoms with van der Waals surface area (Å²) in [6.07, 6.45) is -1.04. The Kier molecular flexibility index (Phi) is 5.80. The quantitative estimate of drug-likeness (QED) is 0.779. The van der Waals surface area contributed by atoms with Crippen LogP contribution in [0.4, 0.5) is 5.69 Å². The zero-order valence-corrected chi connectivity index (χ0v) is 14.1. The molecule has 24 heavy (non-hydrogen) atoms. The molecule has 1 amide bonds. The molecule has 2 rings (SSSR count). The minimum absolute atomic E-state index is 0.326. The van der Waals surface area contributed by atoms with Crippen molar-refractivity contribution < 1.29 is 9.90 Å². The number of likely N-dealkylation sites (N-methyl/N-ethyl adjacent to an activating group) is 1. The van der Waals surface area contributed by atoms with Gasteiger partial charge in [-0.25, -0.2) is 0 Å². The highest BCUT2D eigenvalue weighted by Gasteiger charge is 2.28. The number of halogens is 1. The summed E-state index contributed by atoms with van der Waals surface area (Å²) < 4.78 is 0. The van der Waals surface area contributed by atoms with E-state index in [0.29, 0.717) is 27.4 Å². The molecule has 0 spiro atoms. The van der Waals surface area contributed by atoms with Gasteiger partial charge < -0.3 is 15.7 Å². The van der Waals surface area contributed by atoms with Crippen LogP contribution >= 0.6 is 11.6 Å². The number of aliphatic hydroxyl groups is 1. The molecule has 5 nitrogen and oxygen atoms in total. The average Bonchev–Trinajstić information content (AvgIpc) is 2.62. The van der Waals surface area contributed by atoms with Crippen molar-refractivity contribution in [2.24, 2.45) is 0 Å². The van der Waals surface area contributed by atoms with Crippen LogP contribution in [-0.4, -0.2) is 24.1 Å². The third-order valence-corrected chi connectivity index (χ3v) is 4.29. The molecule has 0 radical (unpaired) electrons. The summed E-state index contributed by atoms with van der Waals surface area (Å²) in [5.74, 6) is -0.355. The van der Waals surface area contributed by atoms with E-state index in [1.54, 1.807) is 43.3 Å². The van der Waals surface area contributed by atoms with Crippen LogP contribution in [0.2, 0.25) is 5.02 Å². The molecule has 0 heterocycles. The summed E-state index contributed by atoms with van der Waals surface area (Å²) in [6, 6.07) is 13.3. The zero-order chi connectivity index (χ0) is 17.7. The van der Waals surface area contributed by atoms with Gasteiger partial charge in [0.2, 0.25) is 5.91 Å². The first kappa shape index (κ1) is 17.8. The van der Waals surface area contributed by atoms with E-state index in [1.165, 1.54) is 7.05 Å². The van der Waals surface area contributed by atoms with Gasteiger partial charge in [-0.3, -0.25) is 4.79 Å². The Morgan fingerprint density at radius 3 is 2.50 bits per heavy atom. The Hall–Kier alpha value is -2.55. The van der Waals surface area contributed by atoms with E-state index in [9.17, 15) is 9.90 Å². The molecule has 124 valence electrons. The summed E-state index contributed by atoms with van der Waals surface area (Å²) >= 11 is 6.17. The maximum Gasteiger partial charge on any atom is 0.245 e. The Labute approximate surface area is 145 Å². The van der Waals surface area contributed by atoms with Crippen molar-refractivity contribution in [3.05, 3.63) is 64.2 Å². The van der Waals surface area contributed by atoms with E-state index in [4.69, 9.17) is 16.9 Å². The van der Waals surface area contributed by atoms with Crippen molar-refractivity contribution in [1.82, 2.24) is 5.32 Å². The minimum atomic E-state index is -1.04. The van der Waals surface area contributed by atoms with Crippen LogP contribution in [0, 0.1) is 18.3 Å². The molecule has 0 aromatic heterocycles. The van der Waals surface area contributed by atoms with Crippen LogP contribution < -0.4 is 10.6 Å². The normalized spacial score (nSPS) is 12.8. The monoisotopic (exact) mass is 343 g/mol. The first-order valence-corrected chi connectivity index (χ1v) is 7.77. The van der Waals surface area contributed by atoms with Gasteiger partial charge >= 0.3 is 0 Å². The number of aliphatic hydroxyl groups excluding tert-OH is 1. The van der Waals surface area contributed by atoms with Gasteiger partial charge in [-0.15, -0.1) is 0 Å². The van der Waals surface area contributed by atoms with Gasteiger partial charge in [-0.1, -0.05) is 41.9 Å². The number of amides is 1. The van der Waals surface area contributed by atoms with Crippen molar-refractivity contribution in [2.45, 2.75) is 19.1 Å². The van der Waals surface area contributed by atoms with Crippen molar-refractivity contribution in [2.75, 3.05) is 12.4 Å². The number of hydrogen-bond donors (Lipinski definition) is 3. The van der Waals surface area contributed by atoms with E-state index in [2.05, 4.69) is 10.6 Å². The second-order valence-corrected chi connectivity index (χ2v) is 5.68. The van der Waals surface area contributed by atoms with Crippen molar-refractivity contribution >= 4 is 23.2 Å². The lowest BCUT2D eigenvalue weighted by Gasteiger charge is -2.25. The molecule has 2 aromatic carbocycles. The number of carbonyl (C=O) groups is 1. The second kappa shape index (κ2) is 7.82. The third kappa shape index (κ3) is 3.67. The van der Waals surface area contributed by atoms with Crippen LogP contribution in [0.3, 0.4) is 0 Å². The predicted octanol–water partition coefficient (Wildman–Crippen LogP) is 2.78. The van der Waals surface area contributed by atoms with Crippen LogP contribution in [-0.2, 0) is 4.79 Å². The molecule has 2 aromatic rings. The van der Waals surface area contributed by atoms with E-state index in [-0.39, 0.29) is 5.91 Å². The Morgan fingerprint density at radius 2 is 1.92 bits per heavy atom. The van der Waals surface area contributed by atoms with E-state index < -0.39 is 12.1 Å². The number of carbonyl (C=O) groups excluding carboxylic acids is 1. The Bertz CT molecular complexity index is 772. The molecule has 2 unspecified atom stereocenters. The van der Waals surface area contributed by atoms with Crippen LogP contribution in [0.5, 0.6) is 0 Å². The maximum atomic E-state index is 12.2. The second-order valence-electron chi connectivity index (χ2n) is 5.30. The van der Waals surface area contributed by atoms with Crippen LogP contribution in [0.25, 0.3) is 0 Å². The number of nitrogens with zero attached hydrogens (tertiary/aromatic N) is 1. The fourth-order valence-electron chi connectivity index (χ4n) is 2.38. The summed E-state index contributed by atoms with van der Waals surface area (Å²) in [6.45, 7) is 1.75. The number of nitriles is 1. The largest absolute Gasteiger partial charge is 0.386 e. The molecule has 0 saturated heterocycles. The van der Waals surface area contributed by atoms with Gasteiger partial charge in [0.25, 0.3) is 0 Å². The predicted molar refractivity (Wildman–Crippen MR) is 93.8 cm³/mol. The lowest BCUT2D eigenvalue weighted by atomic mass is 10.0. The highest BCUT2D eigenvalue weighted by Crippen LogP contribution is 2.29. The number of nitrogens with one attached hydrogen (secondary N) is 2. The van der Waals surface area contributed by atoms with Gasteiger partial charge in [-0.05, 0) is 30.2 Å². The van der Waals surface area contributed by atoms with Crippen molar-refractivity contribution in [3.8, 4) is 6.07 Å². The highest BCUT2D eigenvalue weighted by atomic mass is 35.5. The van der Waals surface area contributed by atoms with Crippen LogP contribution in [0.15, 0.2) is 42.5 Å². The summed E-state index contributed by atoms with van der Waals surface area (Å²) in [5, 5.41) is 25.5. The lowest BCUT2D eigenvalue weighted by molar-refractivity contribution is -0.123. The molecular weight excluding hydrogens is 326 g/mol. The first-order chi connectivity index (χ1) is 11.5. The van der Waals surface area contributed by atoms with Gasteiger partial charge in [0.15, 0.2) is 0 Å². The summed E-state index contributed by atoms with van der Waals surface area (Å²) in [5.41, 5.74) is 2.21. The Morgan fingerprint density at radius 1 is 1.25 bits per heavy atom. The molecule has 0 aliphatic carbocycles. The summed E-state index contributed by atoms with van der Waals surface area (Å²) in [7, 11) is 1.51. The van der Waals surface area contributed by atoms with E-state index in [1.807, 2.05) is 12.1 Å². The molecule has 3 N–H and O–H groups in total. The lowest BCUT2D eigenvalue weighted by Crippen LogP contribution is -2.42. The van der Waals surface area contributed by atoms with E-state index >= 15 is 0 Å². The topological polar surface area (TPSA) is 85.2 Å². The van der Waals surface area contributed by atoms with Gasteiger partial charge in [0, 0.05) is 12.7 Å². The van der Waals surface area contributed by atoms with Gasteiger partial charge in [-0.2, -0.15) is 5.26 Å². The smallest absolute Gasteiger partial charge is 0.245 e. The number of anilines is 1. The number of hydrogen-bond acceptors (Lipinski definition) is 4. The summed E-state index contributed by atoms with van der Waals surface area (Å²) in [4.78, 5) is 12.2. The number of rotatable bonds is 5. The molecule has 0 fully saturated rings. The van der Waals surface area contributed by atoms with Crippen molar-refractivity contribution in [3.63, 3.8) is 0 Å². The number of benzene rings is 2. The SMILES string of the molecule is CNC(=O)C(Nc1ccc(C#N)c(Cl)c1C)C(O)c1ccccc1. The van der Waals surface area contributed by atoms with E-state index in [0.717, 1.165) is 0 Å². The van der Waals surface area contributed by atoms with Crippen LogP contribution in [0.1, 0.15) is 22.8 Å². The fourth-order valence-corrected chi connectivity index (χ4v) is 2.59. The molecule has 0 saturated carbocycles. The van der Waals surface area contributed by atoms with Gasteiger partial charge in [0.05, 0.1) is 10.6 Å². The zero-order valence-electron chi connectivity index (χ0n) is 13.4. The standard InChI is InChI=1S/C18H18ClN3O2/c1-11-14(9-8-13(10-20)15(11)19)22-16(18(24)21-2)17(23)12-6-4-3-5-7-12/h3-9,16-17,22-23H,1-2H3,(H,21,24). The highest BCUT2D eigenvalue weighted by molar-refractivity contribution is 6.32. The Balaban J connectivity index is 2.36. The molecule has 0 aliphatic heterocycles. The average molecular weight is 344 g/mol. The van der Waals surface area contributed by atoms with Crippen molar-refractivity contribution in [1.29, 1.82) is 5.26 Å². The molecule has 0 aliphatic rings. The first-order valence-electron chi connectivity index (χ1n) is 7.40. The maximum absolute atomic E-state index is 12.2. The molecule has 2 atom stereocenters. The third-order valence-electron chi connectivity index (χ3n) is 3.80. The fraction of sp³-hybridized carbons (Fsp3) is 0.222.